The van der Waals surface area contributed by atoms with Gasteiger partial charge >= 0.3 is 0 Å². The molecule has 21 heavy (non-hydrogen) atoms. The fourth-order valence-electron chi connectivity index (χ4n) is 3.19. The summed E-state index contributed by atoms with van der Waals surface area (Å²) in [5.41, 5.74) is 2.11. The van der Waals surface area contributed by atoms with Crippen LogP contribution in [0.1, 0.15) is 36.4 Å². The number of nitrogens with zero attached hydrogens (tertiary/aromatic N) is 2. The van der Waals surface area contributed by atoms with Crippen molar-refractivity contribution in [3.63, 3.8) is 0 Å². The number of nitro benzene ring substituents is 1. The molecule has 1 N–H and O–H groups in total. The van der Waals surface area contributed by atoms with Gasteiger partial charge < -0.3 is 5.32 Å². The molecule has 114 valence electrons. The number of rotatable bonds is 5. The summed E-state index contributed by atoms with van der Waals surface area (Å²) in [6.45, 7) is 5.88. The lowest BCUT2D eigenvalue weighted by Crippen LogP contribution is -2.45. The smallest absolute Gasteiger partial charge is 0.272 e. The number of nitro groups is 1. The van der Waals surface area contributed by atoms with E-state index in [1.54, 1.807) is 6.07 Å². The van der Waals surface area contributed by atoms with Crippen LogP contribution in [0.5, 0.6) is 0 Å². The predicted octanol–water partition coefficient (Wildman–Crippen LogP) is 2.65. The molecule has 1 atom stereocenters. The van der Waals surface area contributed by atoms with Crippen LogP contribution in [0.3, 0.4) is 0 Å². The van der Waals surface area contributed by atoms with Crippen LogP contribution in [0.2, 0.25) is 0 Å². The predicted molar refractivity (Wildman–Crippen MR) is 82.4 cm³/mol. The molecule has 0 aromatic heterocycles. The van der Waals surface area contributed by atoms with Crippen molar-refractivity contribution in [1.82, 2.24) is 10.2 Å². The van der Waals surface area contributed by atoms with E-state index in [-0.39, 0.29) is 10.6 Å². The molecule has 5 nitrogen and oxygen atoms in total. The minimum atomic E-state index is -0.259. The van der Waals surface area contributed by atoms with Crippen molar-refractivity contribution in [3.05, 3.63) is 39.4 Å². The Balaban J connectivity index is 1.87. The van der Waals surface area contributed by atoms with Crippen molar-refractivity contribution in [2.75, 3.05) is 26.2 Å². The molecule has 1 aromatic rings. The quantitative estimate of drug-likeness (QED) is 0.669. The summed E-state index contributed by atoms with van der Waals surface area (Å²) in [4.78, 5) is 13.4. The number of aryl methyl sites for hydroxylation is 1. The molecule has 0 radical (unpaired) electrons. The zero-order valence-electron chi connectivity index (χ0n) is 12.5. The Morgan fingerprint density at radius 3 is 2.71 bits per heavy atom. The number of hydrogen-bond donors (Lipinski definition) is 1. The van der Waals surface area contributed by atoms with Gasteiger partial charge in [-0.3, -0.25) is 15.0 Å². The molecule has 0 spiro atoms. The van der Waals surface area contributed by atoms with Gasteiger partial charge in [-0.25, -0.2) is 0 Å². The lowest BCUT2D eigenvalue weighted by Gasteiger charge is -2.35. The van der Waals surface area contributed by atoms with Gasteiger partial charge in [-0.1, -0.05) is 25.0 Å². The molecule has 1 saturated carbocycles. The molecule has 1 heterocycles. The van der Waals surface area contributed by atoms with Gasteiger partial charge in [0, 0.05) is 43.9 Å². The van der Waals surface area contributed by atoms with Crippen LogP contribution in [0, 0.1) is 23.0 Å². The minimum Gasteiger partial charge on any atom is -0.314 e. The maximum Gasteiger partial charge on any atom is 0.272 e. The summed E-state index contributed by atoms with van der Waals surface area (Å²) >= 11 is 0. The Hall–Kier alpha value is -1.46. The van der Waals surface area contributed by atoms with Gasteiger partial charge in [0.25, 0.3) is 5.69 Å². The molecule has 1 aliphatic carbocycles. The zero-order valence-corrected chi connectivity index (χ0v) is 12.5. The normalized spacial score (nSPS) is 21.2. The van der Waals surface area contributed by atoms with E-state index in [9.17, 15) is 10.1 Å². The highest BCUT2D eigenvalue weighted by Gasteiger charge is 2.31. The Morgan fingerprint density at radius 2 is 2.10 bits per heavy atom. The molecule has 1 aromatic carbocycles. The highest BCUT2D eigenvalue weighted by molar-refractivity contribution is 5.43. The zero-order chi connectivity index (χ0) is 14.8. The van der Waals surface area contributed by atoms with Gasteiger partial charge in [-0.15, -0.1) is 0 Å². The maximum atomic E-state index is 11.2. The average Bonchev–Trinajstić information content (AvgIpc) is 3.30. The Kier molecular flexibility index (Phi) is 4.22. The molecular weight excluding hydrogens is 266 g/mol. The number of benzene rings is 1. The first-order valence-corrected chi connectivity index (χ1v) is 7.85. The first-order valence-electron chi connectivity index (χ1n) is 7.85. The van der Waals surface area contributed by atoms with Crippen molar-refractivity contribution in [1.29, 1.82) is 0 Å². The second kappa shape index (κ2) is 6.12. The van der Waals surface area contributed by atoms with Gasteiger partial charge in [0.15, 0.2) is 0 Å². The molecule has 2 aliphatic rings. The van der Waals surface area contributed by atoms with Gasteiger partial charge in [0.1, 0.15) is 0 Å². The molecule has 1 aliphatic heterocycles. The van der Waals surface area contributed by atoms with Crippen molar-refractivity contribution in [2.24, 2.45) is 5.92 Å². The molecule has 0 amide bonds. The van der Waals surface area contributed by atoms with E-state index in [4.69, 9.17) is 0 Å². The molecule has 3 rings (SSSR count). The van der Waals surface area contributed by atoms with Gasteiger partial charge in [0.05, 0.1) is 4.92 Å². The summed E-state index contributed by atoms with van der Waals surface area (Å²) in [6, 6.07) is 6.11. The summed E-state index contributed by atoms with van der Waals surface area (Å²) < 4.78 is 0. The van der Waals surface area contributed by atoms with Gasteiger partial charge in [0.2, 0.25) is 0 Å². The molecule has 2 fully saturated rings. The lowest BCUT2D eigenvalue weighted by molar-refractivity contribution is -0.385. The third kappa shape index (κ3) is 3.41. The fraction of sp³-hybridized carbons (Fsp3) is 0.625. The van der Waals surface area contributed by atoms with Crippen molar-refractivity contribution < 1.29 is 4.92 Å². The number of hydrogen-bond acceptors (Lipinski definition) is 4. The van der Waals surface area contributed by atoms with E-state index in [0.29, 0.717) is 6.04 Å². The summed E-state index contributed by atoms with van der Waals surface area (Å²) in [7, 11) is 0. The van der Waals surface area contributed by atoms with Crippen LogP contribution in [-0.2, 0) is 0 Å². The van der Waals surface area contributed by atoms with Crippen LogP contribution in [-0.4, -0.2) is 36.0 Å². The van der Waals surface area contributed by atoms with Crippen LogP contribution >= 0.6 is 0 Å². The van der Waals surface area contributed by atoms with Crippen LogP contribution in [0.4, 0.5) is 5.69 Å². The van der Waals surface area contributed by atoms with Crippen LogP contribution in [0.25, 0.3) is 0 Å². The second-order valence-corrected chi connectivity index (χ2v) is 6.28. The average molecular weight is 289 g/mol. The second-order valence-electron chi connectivity index (χ2n) is 6.28. The highest BCUT2D eigenvalue weighted by Crippen LogP contribution is 2.41. The monoisotopic (exact) mass is 289 g/mol. The Labute approximate surface area is 125 Å². The van der Waals surface area contributed by atoms with E-state index in [0.717, 1.165) is 49.6 Å². The maximum absolute atomic E-state index is 11.2. The first kappa shape index (κ1) is 14.5. The molecular formula is C16H23N3O2. The minimum absolute atomic E-state index is 0.253. The van der Waals surface area contributed by atoms with E-state index in [1.807, 2.05) is 13.0 Å². The third-order valence-electron chi connectivity index (χ3n) is 4.66. The summed E-state index contributed by atoms with van der Waals surface area (Å²) in [5, 5.41) is 14.6. The lowest BCUT2D eigenvalue weighted by atomic mass is 9.97. The molecule has 0 unspecified atom stereocenters. The van der Waals surface area contributed by atoms with E-state index in [2.05, 4.69) is 16.3 Å². The summed E-state index contributed by atoms with van der Waals surface area (Å²) in [5.74, 6) is 0.810. The van der Waals surface area contributed by atoms with Crippen LogP contribution < -0.4 is 5.32 Å². The Bertz CT molecular complexity index is 522. The van der Waals surface area contributed by atoms with Crippen LogP contribution in [0.15, 0.2) is 18.2 Å². The standard InChI is InChI=1S/C16H23N3O2/c1-12-2-5-14(11-15(12)19(20)21)16(10-13-3-4-13)18-8-6-17-7-9-18/h2,5,11,13,16-17H,3-4,6-10H2,1H3/t16-/m1/s1. The molecule has 5 heteroatoms. The topological polar surface area (TPSA) is 58.4 Å². The van der Waals surface area contributed by atoms with Crippen molar-refractivity contribution in [3.8, 4) is 0 Å². The summed E-state index contributed by atoms with van der Waals surface area (Å²) in [6.07, 6.45) is 3.77. The van der Waals surface area contributed by atoms with Crippen molar-refractivity contribution >= 4 is 5.69 Å². The fourth-order valence-corrected chi connectivity index (χ4v) is 3.19. The first-order chi connectivity index (χ1) is 10.1. The van der Waals surface area contributed by atoms with Gasteiger partial charge in [-0.05, 0) is 24.8 Å². The van der Waals surface area contributed by atoms with Crippen molar-refractivity contribution in [2.45, 2.75) is 32.2 Å². The SMILES string of the molecule is Cc1ccc([C@@H](CC2CC2)N2CCNCC2)cc1[N+](=O)[O-]. The third-order valence-corrected chi connectivity index (χ3v) is 4.66. The van der Waals surface area contributed by atoms with E-state index >= 15 is 0 Å². The number of nitrogens with one attached hydrogen (secondary N) is 1. The van der Waals surface area contributed by atoms with E-state index < -0.39 is 0 Å². The van der Waals surface area contributed by atoms with Gasteiger partial charge in [-0.2, -0.15) is 0 Å². The van der Waals surface area contributed by atoms with E-state index in [1.165, 1.54) is 12.8 Å². The largest absolute Gasteiger partial charge is 0.314 e. The number of piperazine rings is 1. The Morgan fingerprint density at radius 1 is 1.38 bits per heavy atom. The highest BCUT2D eigenvalue weighted by atomic mass is 16.6. The molecule has 1 saturated heterocycles. The molecule has 0 bridgehead atoms.